The van der Waals surface area contributed by atoms with Gasteiger partial charge in [-0.25, -0.2) is 5.06 Å². The van der Waals surface area contributed by atoms with Crippen LogP contribution in [0.4, 0.5) is 11.4 Å². The SMILES string of the molecule is CC(C)(C)N(O)c1cc(C2=NC(C)(C)C(C)(C)N2O)cc(N(O)C(C)(C)C)c1. The zero-order chi connectivity index (χ0) is 21.9. The molecule has 0 bridgehead atoms. The van der Waals surface area contributed by atoms with Crippen LogP contribution in [0.1, 0.15) is 74.8 Å². The van der Waals surface area contributed by atoms with E-state index in [0.717, 1.165) is 10.1 Å². The Balaban J connectivity index is 2.68. The third-order valence-corrected chi connectivity index (χ3v) is 5.53. The van der Waals surface area contributed by atoms with Crippen molar-refractivity contribution >= 4 is 17.2 Å². The van der Waals surface area contributed by atoms with Crippen LogP contribution in [0.15, 0.2) is 23.2 Å². The quantitative estimate of drug-likeness (QED) is 0.648. The van der Waals surface area contributed by atoms with Gasteiger partial charge in [0.05, 0.1) is 33.5 Å². The average molecular weight is 393 g/mol. The van der Waals surface area contributed by atoms with Crippen LogP contribution in [0.5, 0.6) is 0 Å². The fourth-order valence-electron chi connectivity index (χ4n) is 2.90. The smallest absolute Gasteiger partial charge is 0.156 e. The molecule has 0 aromatic heterocycles. The normalized spacial score (nSPS) is 18.9. The number of benzene rings is 1. The van der Waals surface area contributed by atoms with Gasteiger partial charge in [-0.3, -0.25) is 30.7 Å². The van der Waals surface area contributed by atoms with E-state index in [1.807, 2.05) is 69.2 Å². The Hall–Kier alpha value is -1.83. The maximum Gasteiger partial charge on any atom is 0.156 e. The van der Waals surface area contributed by atoms with Crippen LogP contribution in [-0.4, -0.2) is 48.7 Å². The molecular weight excluding hydrogens is 356 g/mol. The number of rotatable bonds is 3. The summed E-state index contributed by atoms with van der Waals surface area (Å²) in [5, 5.41) is 35.8. The highest BCUT2D eigenvalue weighted by Gasteiger charge is 2.49. The van der Waals surface area contributed by atoms with Gasteiger partial charge in [-0.15, -0.1) is 0 Å². The summed E-state index contributed by atoms with van der Waals surface area (Å²) >= 11 is 0. The minimum atomic E-state index is -0.607. The Morgan fingerprint density at radius 2 is 1.21 bits per heavy atom. The van der Waals surface area contributed by atoms with Crippen molar-refractivity contribution in [1.29, 1.82) is 0 Å². The van der Waals surface area contributed by atoms with Gasteiger partial charge >= 0.3 is 0 Å². The van der Waals surface area contributed by atoms with Crippen molar-refractivity contribution in [3.8, 4) is 0 Å². The summed E-state index contributed by atoms with van der Waals surface area (Å²) < 4.78 is 0. The summed E-state index contributed by atoms with van der Waals surface area (Å²) in [5.41, 5.74) is -0.604. The van der Waals surface area contributed by atoms with Crippen LogP contribution in [0.2, 0.25) is 0 Å². The van der Waals surface area contributed by atoms with Crippen LogP contribution >= 0.6 is 0 Å². The summed E-state index contributed by atoms with van der Waals surface area (Å²) in [6.07, 6.45) is 0. The predicted octanol–water partition coefficient (Wildman–Crippen LogP) is 4.68. The molecule has 0 saturated carbocycles. The molecule has 0 atom stereocenters. The van der Waals surface area contributed by atoms with Crippen molar-refractivity contribution in [3.05, 3.63) is 23.8 Å². The first kappa shape index (κ1) is 22.5. The average Bonchev–Trinajstić information content (AvgIpc) is 2.70. The summed E-state index contributed by atoms with van der Waals surface area (Å²) in [6, 6.07) is 5.25. The lowest BCUT2D eigenvalue weighted by molar-refractivity contribution is -0.0992. The van der Waals surface area contributed by atoms with E-state index >= 15 is 0 Å². The van der Waals surface area contributed by atoms with Gasteiger partial charge in [-0.1, -0.05) is 0 Å². The highest BCUT2D eigenvalue weighted by Crippen LogP contribution is 2.39. The standard InChI is InChI=1S/C21H36N4O3/c1-18(2,3)23(26)15-11-14(12-16(13-15)24(27)19(4,5)6)17-22-20(7,8)21(9,10)25(17)28/h11-13,26-28H,1-10H3. The monoisotopic (exact) mass is 392 g/mol. The summed E-state index contributed by atoms with van der Waals surface area (Å²) in [6.45, 7) is 19.1. The first-order chi connectivity index (χ1) is 12.4. The van der Waals surface area contributed by atoms with Gasteiger partial charge in [0.15, 0.2) is 5.84 Å². The second kappa shape index (κ2) is 6.61. The molecule has 0 fully saturated rings. The number of amidine groups is 1. The van der Waals surface area contributed by atoms with Gasteiger partial charge in [-0.2, -0.15) is 0 Å². The van der Waals surface area contributed by atoms with Crippen molar-refractivity contribution < 1.29 is 15.6 Å². The van der Waals surface area contributed by atoms with Crippen molar-refractivity contribution in [1.82, 2.24) is 5.06 Å². The summed E-state index contributed by atoms with van der Waals surface area (Å²) in [4.78, 5) is 4.74. The van der Waals surface area contributed by atoms with Gasteiger partial charge < -0.3 is 0 Å². The Bertz CT molecular complexity index is 735. The lowest BCUT2D eigenvalue weighted by atomic mass is 9.84. The molecule has 1 aromatic rings. The fourth-order valence-corrected chi connectivity index (χ4v) is 2.90. The largest absolute Gasteiger partial charge is 0.288 e. The van der Waals surface area contributed by atoms with E-state index in [2.05, 4.69) is 0 Å². The van der Waals surface area contributed by atoms with Crippen LogP contribution < -0.4 is 10.1 Å². The summed E-state index contributed by atoms with van der Waals surface area (Å²) in [7, 11) is 0. The second-order valence-corrected chi connectivity index (χ2v) is 10.6. The molecule has 0 amide bonds. The van der Waals surface area contributed by atoms with Crippen molar-refractivity contribution in [3.63, 3.8) is 0 Å². The molecule has 1 aromatic carbocycles. The number of hydrogen-bond donors (Lipinski definition) is 3. The molecule has 1 heterocycles. The highest BCUT2D eigenvalue weighted by atomic mass is 16.5. The molecule has 158 valence electrons. The van der Waals surface area contributed by atoms with Gasteiger partial charge in [0.25, 0.3) is 0 Å². The molecule has 7 heteroatoms. The van der Waals surface area contributed by atoms with Crippen LogP contribution in [0, 0.1) is 0 Å². The lowest BCUT2D eigenvalue weighted by Gasteiger charge is -2.37. The van der Waals surface area contributed by atoms with E-state index in [1.165, 1.54) is 5.06 Å². The first-order valence-corrected chi connectivity index (χ1v) is 9.62. The predicted molar refractivity (Wildman–Crippen MR) is 113 cm³/mol. The Morgan fingerprint density at radius 1 is 0.821 bits per heavy atom. The van der Waals surface area contributed by atoms with Crippen LogP contribution in [-0.2, 0) is 0 Å². The highest BCUT2D eigenvalue weighted by molar-refractivity contribution is 6.02. The fraction of sp³-hybridized carbons (Fsp3) is 0.667. The molecule has 3 N–H and O–H groups in total. The van der Waals surface area contributed by atoms with E-state index in [0.29, 0.717) is 22.8 Å². The second-order valence-electron chi connectivity index (χ2n) is 10.6. The molecule has 0 spiro atoms. The van der Waals surface area contributed by atoms with Crippen LogP contribution in [0.25, 0.3) is 0 Å². The minimum Gasteiger partial charge on any atom is -0.288 e. The molecule has 0 radical (unpaired) electrons. The molecule has 1 aliphatic heterocycles. The van der Waals surface area contributed by atoms with Gasteiger partial charge in [0.2, 0.25) is 0 Å². The van der Waals surface area contributed by atoms with Crippen molar-refractivity contribution in [2.24, 2.45) is 4.99 Å². The minimum absolute atomic E-state index is 0.405. The maximum absolute atomic E-state index is 10.8. The topological polar surface area (TPSA) is 82.8 Å². The Kier molecular flexibility index (Phi) is 5.30. The van der Waals surface area contributed by atoms with Gasteiger partial charge in [0, 0.05) is 5.56 Å². The molecule has 1 aliphatic rings. The molecule has 0 saturated heterocycles. The number of hydrogen-bond acceptors (Lipinski definition) is 7. The zero-order valence-corrected chi connectivity index (χ0v) is 18.9. The number of aliphatic imine (C=N–C) groups is 1. The third-order valence-electron chi connectivity index (χ3n) is 5.53. The number of hydroxylamine groups is 4. The zero-order valence-electron chi connectivity index (χ0n) is 18.9. The van der Waals surface area contributed by atoms with E-state index < -0.39 is 22.2 Å². The molecule has 0 aliphatic carbocycles. The number of anilines is 2. The van der Waals surface area contributed by atoms with E-state index in [9.17, 15) is 15.6 Å². The van der Waals surface area contributed by atoms with Gasteiger partial charge in [-0.05, 0) is 87.4 Å². The van der Waals surface area contributed by atoms with Crippen molar-refractivity contribution in [2.45, 2.75) is 91.4 Å². The maximum atomic E-state index is 10.8. The van der Waals surface area contributed by atoms with Crippen molar-refractivity contribution in [2.75, 3.05) is 10.1 Å². The third kappa shape index (κ3) is 3.83. The summed E-state index contributed by atoms with van der Waals surface area (Å²) in [5.74, 6) is 0.405. The lowest BCUT2D eigenvalue weighted by Crippen LogP contribution is -2.51. The molecular formula is C21H36N4O3. The molecule has 28 heavy (non-hydrogen) atoms. The van der Waals surface area contributed by atoms with E-state index in [1.54, 1.807) is 18.2 Å². The molecule has 0 unspecified atom stereocenters. The van der Waals surface area contributed by atoms with Crippen LogP contribution in [0.3, 0.4) is 0 Å². The Labute approximate surface area is 168 Å². The number of nitrogens with zero attached hydrogens (tertiary/aromatic N) is 4. The molecule has 2 rings (SSSR count). The van der Waals surface area contributed by atoms with E-state index in [-0.39, 0.29) is 0 Å². The molecule has 7 nitrogen and oxygen atoms in total. The van der Waals surface area contributed by atoms with Gasteiger partial charge in [0.1, 0.15) is 0 Å². The Morgan fingerprint density at radius 3 is 1.50 bits per heavy atom. The van der Waals surface area contributed by atoms with E-state index in [4.69, 9.17) is 4.99 Å². The first-order valence-electron chi connectivity index (χ1n) is 9.62.